The molecule has 1 aliphatic heterocycles. The molecule has 0 spiro atoms. The Morgan fingerprint density at radius 1 is 0.897 bits per heavy atom. The maximum Gasteiger partial charge on any atom is 0.416 e. The largest absolute Gasteiger partial charge is 0.416 e. The number of rotatable bonds is 5. The summed E-state index contributed by atoms with van der Waals surface area (Å²) in [6.07, 6.45) is -2.56. The monoisotopic (exact) mass is 403 g/mol. The quantitative estimate of drug-likeness (QED) is 0.650. The number of aromatic nitrogens is 3. The third-order valence-corrected chi connectivity index (χ3v) is 4.87. The summed E-state index contributed by atoms with van der Waals surface area (Å²) < 4.78 is 43.3. The van der Waals surface area contributed by atoms with Gasteiger partial charge in [-0.15, -0.1) is 0 Å². The smallest absolute Gasteiger partial charge is 0.338 e. The highest BCUT2D eigenvalue weighted by Crippen LogP contribution is 2.30. The minimum Gasteiger partial charge on any atom is -0.338 e. The molecule has 4 rings (SSSR count). The first-order chi connectivity index (χ1) is 14.0. The second-order valence-corrected chi connectivity index (χ2v) is 6.96. The highest BCUT2D eigenvalue weighted by Gasteiger charge is 2.30. The Kier molecular flexibility index (Phi) is 5.59. The van der Waals surface area contributed by atoms with Crippen LogP contribution in [0.5, 0.6) is 0 Å². The van der Waals surface area contributed by atoms with E-state index in [2.05, 4.69) is 24.9 Å². The van der Waals surface area contributed by atoms with E-state index >= 15 is 0 Å². The SMILES string of the molecule is FC(F)(F)c1ccc(-c2noc(CN3CCN(Cc4ccccn4)CC3)n2)cc1. The minimum absolute atomic E-state index is 0.294. The van der Waals surface area contributed by atoms with Gasteiger partial charge in [0.2, 0.25) is 11.7 Å². The summed E-state index contributed by atoms with van der Waals surface area (Å²) in [4.78, 5) is 13.3. The first-order valence-electron chi connectivity index (χ1n) is 9.32. The molecule has 0 N–H and O–H groups in total. The molecule has 0 atom stereocenters. The summed E-state index contributed by atoms with van der Waals surface area (Å²) in [5, 5.41) is 3.90. The molecule has 0 saturated carbocycles. The number of halogens is 3. The molecule has 1 fully saturated rings. The molecule has 0 unspecified atom stereocenters. The molecule has 6 nitrogen and oxygen atoms in total. The van der Waals surface area contributed by atoms with Gasteiger partial charge in [-0.3, -0.25) is 14.8 Å². The van der Waals surface area contributed by atoms with E-state index in [-0.39, 0.29) is 0 Å². The highest BCUT2D eigenvalue weighted by molar-refractivity contribution is 5.54. The summed E-state index contributed by atoms with van der Waals surface area (Å²) in [6, 6.07) is 10.7. The van der Waals surface area contributed by atoms with E-state index in [9.17, 15) is 13.2 Å². The van der Waals surface area contributed by atoms with E-state index in [4.69, 9.17) is 4.52 Å². The van der Waals surface area contributed by atoms with Gasteiger partial charge < -0.3 is 4.52 Å². The number of piperazine rings is 1. The molecule has 3 heterocycles. The van der Waals surface area contributed by atoms with Crippen molar-refractivity contribution in [2.45, 2.75) is 19.3 Å². The van der Waals surface area contributed by atoms with Crippen LogP contribution in [-0.4, -0.2) is 51.1 Å². The molecule has 2 aromatic heterocycles. The van der Waals surface area contributed by atoms with Crippen LogP contribution in [0.15, 0.2) is 53.2 Å². The first kappa shape index (κ1) is 19.5. The van der Waals surface area contributed by atoms with Crippen molar-refractivity contribution in [2.75, 3.05) is 26.2 Å². The van der Waals surface area contributed by atoms with Gasteiger partial charge in [0.15, 0.2) is 0 Å². The van der Waals surface area contributed by atoms with Crippen LogP contribution in [0.1, 0.15) is 17.1 Å². The van der Waals surface area contributed by atoms with E-state index in [0.717, 1.165) is 50.6 Å². The fourth-order valence-electron chi connectivity index (χ4n) is 3.26. The van der Waals surface area contributed by atoms with Gasteiger partial charge in [-0.2, -0.15) is 18.2 Å². The Morgan fingerprint density at radius 2 is 1.59 bits per heavy atom. The molecule has 0 aliphatic carbocycles. The molecular formula is C20H20F3N5O. The standard InChI is InChI=1S/C20H20F3N5O/c21-20(22,23)16-6-4-15(5-7-16)19-25-18(29-26-19)14-28-11-9-27(10-12-28)13-17-3-1-2-8-24-17/h1-8H,9-14H2. The molecule has 152 valence electrons. The van der Waals surface area contributed by atoms with Gasteiger partial charge in [0.1, 0.15) is 0 Å². The van der Waals surface area contributed by atoms with Gasteiger partial charge in [0.05, 0.1) is 17.8 Å². The average molecular weight is 403 g/mol. The lowest BCUT2D eigenvalue weighted by molar-refractivity contribution is -0.137. The van der Waals surface area contributed by atoms with E-state index < -0.39 is 11.7 Å². The number of nitrogens with zero attached hydrogens (tertiary/aromatic N) is 5. The van der Waals surface area contributed by atoms with Crippen molar-refractivity contribution in [2.24, 2.45) is 0 Å². The van der Waals surface area contributed by atoms with Crippen molar-refractivity contribution in [3.05, 3.63) is 65.8 Å². The molecule has 1 saturated heterocycles. The predicted molar refractivity (Wildman–Crippen MR) is 99.5 cm³/mol. The van der Waals surface area contributed by atoms with Gasteiger partial charge in [0, 0.05) is 44.5 Å². The van der Waals surface area contributed by atoms with Crippen LogP contribution in [0, 0.1) is 0 Å². The normalized spacial score (nSPS) is 16.2. The lowest BCUT2D eigenvalue weighted by Crippen LogP contribution is -2.45. The number of pyridine rings is 1. The summed E-state index contributed by atoms with van der Waals surface area (Å²) in [6.45, 7) is 4.90. The lowest BCUT2D eigenvalue weighted by Gasteiger charge is -2.33. The highest BCUT2D eigenvalue weighted by atomic mass is 19.4. The third kappa shape index (κ3) is 4.99. The van der Waals surface area contributed by atoms with Crippen molar-refractivity contribution >= 4 is 0 Å². The van der Waals surface area contributed by atoms with E-state index in [1.165, 1.54) is 12.1 Å². The maximum absolute atomic E-state index is 12.7. The summed E-state index contributed by atoms with van der Waals surface area (Å²) >= 11 is 0. The number of alkyl halides is 3. The molecule has 0 amide bonds. The van der Waals surface area contributed by atoms with Crippen LogP contribution in [-0.2, 0) is 19.3 Å². The van der Waals surface area contributed by atoms with Gasteiger partial charge in [-0.25, -0.2) is 0 Å². The molecule has 0 radical (unpaired) electrons. The average Bonchev–Trinajstić information content (AvgIpc) is 3.18. The van der Waals surface area contributed by atoms with Crippen molar-refractivity contribution in [1.29, 1.82) is 0 Å². The van der Waals surface area contributed by atoms with Crippen molar-refractivity contribution in [3.8, 4) is 11.4 Å². The minimum atomic E-state index is -4.36. The lowest BCUT2D eigenvalue weighted by atomic mass is 10.1. The number of benzene rings is 1. The van der Waals surface area contributed by atoms with E-state index in [0.29, 0.717) is 23.8 Å². The zero-order chi connectivity index (χ0) is 20.3. The molecule has 29 heavy (non-hydrogen) atoms. The van der Waals surface area contributed by atoms with Gasteiger partial charge in [-0.05, 0) is 24.3 Å². The van der Waals surface area contributed by atoms with E-state index in [1.807, 2.05) is 18.2 Å². The van der Waals surface area contributed by atoms with Gasteiger partial charge >= 0.3 is 6.18 Å². The summed E-state index contributed by atoms with van der Waals surface area (Å²) in [7, 11) is 0. The van der Waals surface area contributed by atoms with Crippen LogP contribution in [0.3, 0.4) is 0 Å². The summed E-state index contributed by atoms with van der Waals surface area (Å²) in [5.41, 5.74) is 0.848. The zero-order valence-electron chi connectivity index (χ0n) is 15.6. The maximum atomic E-state index is 12.7. The number of hydrogen-bond donors (Lipinski definition) is 0. The Hall–Kier alpha value is -2.78. The Balaban J connectivity index is 1.31. The Labute approximate surface area is 166 Å². The second kappa shape index (κ2) is 8.30. The van der Waals surface area contributed by atoms with Crippen molar-refractivity contribution in [1.82, 2.24) is 24.9 Å². The molecular weight excluding hydrogens is 383 g/mol. The van der Waals surface area contributed by atoms with Crippen LogP contribution < -0.4 is 0 Å². The zero-order valence-corrected chi connectivity index (χ0v) is 15.6. The van der Waals surface area contributed by atoms with Crippen molar-refractivity contribution in [3.63, 3.8) is 0 Å². The Bertz CT molecular complexity index is 919. The molecule has 3 aromatic rings. The molecule has 9 heteroatoms. The molecule has 1 aliphatic rings. The predicted octanol–water partition coefficient (Wildman–Crippen LogP) is 3.47. The van der Waals surface area contributed by atoms with Crippen LogP contribution in [0.25, 0.3) is 11.4 Å². The first-order valence-corrected chi connectivity index (χ1v) is 9.32. The van der Waals surface area contributed by atoms with E-state index in [1.54, 1.807) is 6.20 Å². The molecule has 1 aromatic carbocycles. The summed E-state index contributed by atoms with van der Waals surface area (Å²) in [5.74, 6) is 0.751. The Morgan fingerprint density at radius 3 is 2.21 bits per heavy atom. The second-order valence-electron chi connectivity index (χ2n) is 6.96. The fourth-order valence-corrected chi connectivity index (χ4v) is 3.26. The fraction of sp³-hybridized carbons (Fsp3) is 0.350. The van der Waals surface area contributed by atoms with Gasteiger partial charge in [-0.1, -0.05) is 23.4 Å². The van der Waals surface area contributed by atoms with Crippen molar-refractivity contribution < 1.29 is 17.7 Å². The molecule has 0 bridgehead atoms. The third-order valence-electron chi connectivity index (χ3n) is 4.87. The topological polar surface area (TPSA) is 58.3 Å². The van der Waals surface area contributed by atoms with Gasteiger partial charge in [0.25, 0.3) is 0 Å². The van der Waals surface area contributed by atoms with Crippen LogP contribution in [0.4, 0.5) is 13.2 Å². The number of hydrogen-bond acceptors (Lipinski definition) is 6. The van der Waals surface area contributed by atoms with Crippen LogP contribution >= 0.6 is 0 Å². The van der Waals surface area contributed by atoms with Crippen LogP contribution in [0.2, 0.25) is 0 Å².